The number of ether oxygens (including phenoxy) is 1. The normalized spacial score (nSPS) is 10.2. The molecule has 0 unspecified atom stereocenters. The summed E-state index contributed by atoms with van der Waals surface area (Å²) in [6.45, 7) is 0. The second kappa shape index (κ2) is 5.87. The van der Waals surface area contributed by atoms with Crippen LogP contribution in [0.5, 0.6) is 11.5 Å². The Bertz CT molecular complexity index is 600. The quantitative estimate of drug-likeness (QED) is 0.650. The van der Waals surface area contributed by atoms with Crippen LogP contribution in [0.3, 0.4) is 0 Å². The van der Waals surface area contributed by atoms with Crippen LogP contribution in [-0.2, 0) is 0 Å². The van der Waals surface area contributed by atoms with E-state index in [0.29, 0.717) is 26.6 Å². The second-order valence-electron chi connectivity index (χ2n) is 3.48. The van der Waals surface area contributed by atoms with Gasteiger partial charge in [-0.05, 0) is 68.3 Å². The third kappa shape index (κ3) is 3.13. The molecule has 0 heterocycles. The van der Waals surface area contributed by atoms with E-state index in [2.05, 4.69) is 31.9 Å². The van der Waals surface area contributed by atoms with E-state index in [1.54, 1.807) is 36.4 Å². The number of hydrogen-bond acceptors (Lipinski definition) is 2. The van der Waals surface area contributed by atoms with Gasteiger partial charge in [0.15, 0.2) is 6.29 Å². The summed E-state index contributed by atoms with van der Waals surface area (Å²) in [5.41, 5.74) is 0.581. The number of rotatable bonds is 3. The van der Waals surface area contributed by atoms with Gasteiger partial charge in [-0.15, -0.1) is 0 Å². The predicted molar refractivity (Wildman–Crippen MR) is 78.8 cm³/mol. The molecule has 0 aliphatic carbocycles. The highest BCUT2D eigenvalue weighted by Crippen LogP contribution is 2.33. The molecule has 0 bridgehead atoms. The van der Waals surface area contributed by atoms with Gasteiger partial charge in [0.25, 0.3) is 0 Å². The predicted octanol–water partition coefficient (Wildman–Crippen LogP) is 5.47. The van der Waals surface area contributed by atoms with Gasteiger partial charge in [0.2, 0.25) is 0 Å². The Morgan fingerprint density at radius 1 is 1.06 bits per heavy atom. The largest absolute Gasteiger partial charge is 0.456 e. The summed E-state index contributed by atoms with van der Waals surface area (Å²) < 4.78 is 7.16. The van der Waals surface area contributed by atoms with Crippen LogP contribution >= 0.6 is 43.5 Å². The van der Waals surface area contributed by atoms with Crippen LogP contribution in [0.4, 0.5) is 0 Å². The van der Waals surface area contributed by atoms with Crippen LogP contribution in [0.1, 0.15) is 10.4 Å². The van der Waals surface area contributed by atoms with E-state index >= 15 is 0 Å². The zero-order chi connectivity index (χ0) is 13.1. The molecule has 0 radical (unpaired) electrons. The Balaban J connectivity index is 2.28. The first-order valence-corrected chi connectivity index (χ1v) is 6.94. The van der Waals surface area contributed by atoms with E-state index in [0.717, 1.165) is 10.8 Å². The zero-order valence-corrected chi connectivity index (χ0v) is 12.9. The minimum atomic E-state index is 0.581. The summed E-state index contributed by atoms with van der Waals surface area (Å²) in [6, 6.07) is 10.4. The highest BCUT2D eigenvalue weighted by Gasteiger charge is 2.05. The van der Waals surface area contributed by atoms with Crippen molar-refractivity contribution < 1.29 is 9.53 Å². The molecular weight excluding hydrogens is 383 g/mol. The molecule has 0 amide bonds. The molecule has 2 aromatic carbocycles. The summed E-state index contributed by atoms with van der Waals surface area (Å²) >= 11 is 12.5. The number of halogens is 3. The summed E-state index contributed by atoms with van der Waals surface area (Å²) in [5.74, 6) is 1.29. The van der Waals surface area contributed by atoms with E-state index in [1.807, 2.05) is 0 Å². The summed E-state index contributed by atoms with van der Waals surface area (Å²) in [6.07, 6.45) is 0.784. The van der Waals surface area contributed by atoms with Gasteiger partial charge in [-0.2, -0.15) is 0 Å². The van der Waals surface area contributed by atoms with E-state index in [-0.39, 0.29) is 0 Å². The van der Waals surface area contributed by atoms with Gasteiger partial charge in [-0.1, -0.05) is 11.6 Å². The molecule has 0 saturated heterocycles. The minimum Gasteiger partial charge on any atom is -0.456 e. The topological polar surface area (TPSA) is 26.3 Å². The van der Waals surface area contributed by atoms with Crippen molar-refractivity contribution in [1.82, 2.24) is 0 Å². The molecule has 2 nitrogen and oxygen atoms in total. The number of carbonyl (C=O) groups is 1. The molecule has 2 rings (SSSR count). The van der Waals surface area contributed by atoms with Crippen molar-refractivity contribution in [3.05, 3.63) is 55.9 Å². The molecule has 0 N–H and O–H groups in total. The fraction of sp³-hybridized carbons (Fsp3) is 0. The summed E-state index contributed by atoms with van der Waals surface area (Å²) in [4.78, 5) is 10.7. The lowest BCUT2D eigenvalue weighted by atomic mass is 10.2. The van der Waals surface area contributed by atoms with Crippen LogP contribution in [0.2, 0.25) is 5.02 Å². The lowest BCUT2D eigenvalue weighted by Crippen LogP contribution is -1.88. The Morgan fingerprint density at radius 3 is 2.44 bits per heavy atom. The van der Waals surface area contributed by atoms with Crippen molar-refractivity contribution in [2.75, 3.05) is 0 Å². The van der Waals surface area contributed by atoms with Crippen LogP contribution in [0, 0.1) is 0 Å². The first kappa shape index (κ1) is 13.6. The zero-order valence-electron chi connectivity index (χ0n) is 8.99. The molecule has 0 spiro atoms. The standard InChI is InChI=1S/C13H7Br2ClO2/c14-11-6-10(3-1-8(11)7-17)18-13-4-2-9(16)5-12(13)15/h1-7H. The van der Waals surface area contributed by atoms with Gasteiger partial charge in [-0.3, -0.25) is 4.79 Å². The molecule has 0 aliphatic rings. The van der Waals surface area contributed by atoms with Crippen LogP contribution in [-0.4, -0.2) is 6.29 Å². The molecule has 2 aromatic rings. The summed E-state index contributed by atoms with van der Waals surface area (Å²) in [5, 5.41) is 0.631. The molecule has 92 valence electrons. The fourth-order valence-electron chi connectivity index (χ4n) is 1.35. The van der Waals surface area contributed by atoms with E-state index in [9.17, 15) is 4.79 Å². The Hall–Kier alpha value is -0.840. The third-order valence-corrected chi connectivity index (χ3v) is 3.76. The van der Waals surface area contributed by atoms with Crippen LogP contribution in [0.25, 0.3) is 0 Å². The van der Waals surface area contributed by atoms with Crippen molar-refractivity contribution >= 4 is 49.7 Å². The van der Waals surface area contributed by atoms with Crippen LogP contribution in [0.15, 0.2) is 45.3 Å². The monoisotopic (exact) mass is 388 g/mol. The molecule has 18 heavy (non-hydrogen) atoms. The van der Waals surface area contributed by atoms with E-state index < -0.39 is 0 Å². The average molecular weight is 390 g/mol. The minimum absolute atomic E-state index is 0.581. The van der Waals surface area contributed by atoms with Gasteiger partial charge in [0.1, 0.15) is 11.5 Å². The van der Waals surface area contributed by atoms with Crippen molar-refractivity contribution in [3.8, 4) is 11.5 Å². The third-order valence-electron chi connectivity index (χ3n) is 2.22. The Kier molecular flexibility index (Phi) is 4.43. The lowest BCUT2D eigenvalue weighted by molar-refractivity contribution is 0.112. The smallest absolute Gasteiger partial charge is 0.151 e. The molecule has 0 atom stereocenters. The van der Waals surface area contributed by atoms with Gasteiger partial charge in [0.05, 0.1) is 4.47 Å². The molecule has 0 aromatic heterocycles. The lowest BCUT2D eigenvalue weighted by Gasteiger charge is -2.08. The van der Waals surface area contributed by atoms with Gasteiger partial charge >= 0.3 is 0 Å². The first-order valence-electron chi connectivity index (χ1n) is 4.98. The maximum atomic E-state index is 10.7. The number of benzene rings is 2. The van der Waals surface area contributed by atoms with Gasteiger partial charge in [0, 0.05) is 15.1 Å². The van der Waals surface area contributed by atoms with Crippen molar-refractivity contribution in [3.63, 3.8) is 0 Å². The Morgan fingerprint density at radius 2 is 1.83 bits per heavy atom. The van der Waals surface area contributed by atoms with Crippen molar-refractivity contribution in [2.24, 2.45) is 0 Å². The summed E-state index contributed by atoms with van der Waals surface area (Å²) in [7, 11) is 0. The van der Waals surface area contributed by atoms with Crippen molar-refractivity contribution in [1.29, 1.82) is 0 Å². The number of aldehydes is 1. The maximum Gasteiger partial charge on any atom is 0.151 e. The van der Waals surface area contributed by atoms with E-state index in [4.69, 9.17) is 16.3 Å². The molecule has 0 saturated carbocycles. The van der Waals surface area contributed by atoms with E-state index in [1.165, 1.54) is 0 Å². The average Bonchev–Trinajstić information content (AvgIpc) is 2.33. The maximum absolute atomic E-state index is 10.7. The Labute approximate surface area is 126 Å². The van der Waals surface area contributed by atoms with Gasteiger partial charge in [-0.25, -0.2) is 0 Å². The highest BCUT2D eigenvalue weighted by molar-refractivity contribution is 9.10. The highest BCUT2D eigenvalue weighted by atomic mass is 79.9. The van der Waals surface area contributed by atoms with Gasteiger partial charge < -0.3 is 4.74 Å². The number of hydrogen-bond donors (Lipinski definition) is 0. The first-order chi connectivity index (χ1) is 8.60. The van der Waals surface area contributed by atoms with Crippen molar-refractivity contribution in [2.45, 2.75) is 0 Å². The number of carbonyl (C=O) groups excluding carboxylic acids is 1. The fourth-order valence-corrected chi connectivity index (χ4v) is 2.57. The molecule has 5 heteroatoms. The SMILES string of the molecule is O=Cc1ccc(Oc2ccc(Cl)cc2Br)cc1Br. The molecule has 0 fully saturated rings. The van der Waals surface area contributed by atoms with Crippen LogP contribution < -0.4 is 4.74 Å². The molecule has 0 aliphatic heterocycles. The molecular formula is C13H7Br2ClO2. The second-order valence-corrected chi connectivity index (χ2v) is 5.62.